The van der Waals surface area contributed by atoms with Crippen LogP contribution in [-0.4, -0.2) is 40.4 Å². The zero-order valence-electron chi connectivity index (χ0n) is 16.6. The molecule has 31 heavy (non-hydrogen) atoms. The number of nitriles is 1. The molecule has 0 aliphatic carbocycles. The maximum Gasteiger partial charge on any atom is 0.447 e. The summed E-state index contributed by atoms with van der Waals surface area (Å²) in [5.41, 5.74) is -5.12. The van der Waals surface area contributed by atoms with Crippen LogP contribution in [0.15, 0.2) is 40.8 Å². The summed E-state index contributed by atoms with van der Waals surface area (Å²) in [4.78, 5) is 12.3. The van der Waals surface area contributed by atoms with Gasteiger partial charge in [0.05, 0.1) is 20.8 Å². The summed E-state index contributed by atoms with van der Waals surface area (Å²) in [6, 6.07) is 4.53. The maximum absolute atomic E-state index is 12.9. The van der Waals surface area contributed by atoms with Crippen LogP contribution in [0.25, 0.3) is 17.0 Å². The molecule has 0 aliphatic rings. The molecule has 3 heterocycles. The van der Waals surface area contributed by atoms with Gasteiger partial charge in [0.15, 0.2) is 5.60 Å². The minimum Gasteiger partial charge on any atom is -0.471 e. The zero-order chi connectivity index (χ0) is 23.0. The number of imidazole rings is 1. The Morgan fingerprint density at radius 1 is 1.32 bits per heavy atom. The highest BCUT2D eigenvalue weighted by atomic mass is 32.2. The number of ether oxygens (including phenoxy) is 1. The van der Waals surface area contributed by atoms with Crippen molar-refractivity contribution in [3.05, 3.63) is 30.9 Å². The second-order valence-electron chi connectivity index (χ2n) is 6.87. The van der Waals surface area contributed by atoms with Gasteiger partial charge in [-0.3, -0.25) is 4.40 Å². The molecule has 0 radical (unpaired) electrons. The Kier molecular flexibility index (Phi) is 5.90. The van der Waals surface area contributed by atoms with Crippen molar-refractivity contribution in [1.29, 1.82) is 10.0 Å². The molecule has 0 unspecified atom stereocenters. The summed E-state index contributed by atoms with van der Waals surface area (Å²) in [5, 5.41) is 8.88. The van der Waals surface area contributed by atoms with E-state index in [-0.39, 0.29) is 50.2 Å². The van der Waals surface area contributed by atoms with Crippen molar-refractivity contribution < 1.29 is 22.1 Å². The van der Waals surface area contributed by atoms with Crippen molar-refractivity contribution in [1.82, 2.24) is 19.4 Å². The van der Waals surface area contributed by atoms with Crippen molar-refractivity contribution in [3.63, 3.8) is 0 Å². The van der Waals surface area contributed by atoms with Gasteiger partial charge in [-0.2, -0.15) is 18.4 Å². The number of thioether (sulfide) groups is 1. The lowest BCUT2D eigenvalue weighted by Crippen LogP contribution is -2.25. The Morgan fingerprint density at radius 3 is 2.65 bits per heavy atom. The van der Waals surface area contributed by atoms with Crippen molar-refractivity contribution >= 4 is 27.1 Å². The number of rotatable bonds is 6. The van der Waals surface area contributed by atoms with Crippen LogP contribution in [0.2, 0.25) is 0 Å². The van der Waals surface area contributed by atoms with Crippen LogP contribution in [0.1, 0.15) is 20.8 Å². The van der Waals surface area contributed by atoms with E-state index in [0.29, 0.717) is 0 Å². The van der Waals surface area contributed by atoms with Gasteiger partial charge < -0.3 is 4.74 Å². The Bertz CT molecular complexity index is 1280. The second kappa shape index (κ2) is 8.01. The van der Waals surface area contributed by atoms with Gasteiger partial charge in [-0.1, -0.05) is 6.92 Å². The average Bonchev–Trinajstić information content (AvgIpc) is 3.09. The maximum atomic E-state index is 12.9. The molecule has 0 saturated heterocycles. The lowest BCUT2D eigenvalue weighted by atomic mass is 10.2. The fraction of sp³-hybridized carbons (Fsp3) is 0.333. The fourth-order valence-electron chi connectivity index (χ4n) is 2.56. The first-order valence-corrected chi connectivity index (χ1v) is 11.4. The summed E-state index contributed by atoms with van der Waals surface area (Å²) in [6.45, 7) is 4.67. The molecule has 3 rings (SSSR count). The van der Waals surface area contributed by atoms with Crippen LogP contribution in [0, 0.1) is 16.1 Å². The summed E-state index contributed by atoms with van der Waals surface area (Å²) in [7, 11) is -3.27. The van der Waals surface area contributed by atoms with Crippen molar-refractivity contribution in [2.45, 2.75) is 41.8 Å². The first-order valence-electron chi connectivity index (χ1n) is 8.81. The Balaban J connectivity index is 2.11. The first-order chi connectivity index (χ1) is 14.3. The lowest BCUT2D eigenvalue weighted by molar-refractivity contribution is -0.0329. The molecule has 1 N–H and O–H groups in total. The molecule has 13 heteroatoms. The number of pyridine rings is 1. The number of hydrogen-bond acceptors (Lipinski definition) is 8. The Morgan fingerprint density at radius 2 is 2.03 bits per heavy atom. The highest BCUT2D eigenvalue weighted by molar-refractivity contribution is 8.00. The third-order valence-corrected chi connectivity index (χ3v) is 6.52. The molecular weight excluding hydrogens is 453 g/mol. The van der Waals surface area contributed by atoms with E-state index < -0.39 is 20.8 Å². The predicted octanol–water partition coefficient (Wildman–Crippen LogP) is 4.51. The summed E-state index contributed by atoms with van der Waals surface area (Å²) in [6.07, 6.45) is 3.97. The van der Waals surface area contributed by atoms with E-state index in [4.69, 9.17) is 14.8 Å². The van der Waals surface area contributed by atoms with Gasteiger partial charge in [0.1, 0.15) is 40.2 Å². The molecule has 0 saturated carbocycles. The molecule has 8 nitrogen and oxygen atoms in total. The third kappa shape index (κ3) is 5.26. The molecule has 0 aliphatic heterocycles. The van der Waals surface area contributed by atoms with E-state index in [1.54, 1.807) is 20.8 Å². The number of alkyl halides is 3. The van der Waals surface area contributed by atoms with E-state index >= 15 is 0 Å². The van der Waals surface area contributed by atoms with Crippen molar-refractivity contribution in [2.24, 2.45) is 0 Å². The minimum absolute atomic E-state index is 0.00588. The molecular formula is C18H17F3N6O2S2. The molecule has 1 atom stereocenters. The standard InChI is InChI=1S/C18H17F3N6O2S2/c1-4-31(23,28)13-5-11(29-17(2,3)9-22)7-24-16(13)12-8-27-10-25-15(6-14(27)26-12)30-18(19,20)21/h5-8,10,23H,4H2,1-3H3/t31-/m0/s1. The van der Waals surface area contributed by atoms with Gasteiger partial charge in [0.25, 0.3) is 0 Å². The van der Waals surface area contributed by atoms with E-state index in [1.807, 2.05) is 6.07 Å². The number of aromatic nitrogens is 4. The lowest BCUT2D eigenvalue weighted by Gasteiger charge is -2.19. The first kappa shape index (κ1) is 22.8. The van der Waals surface area contributed by atoms with Crippen molar-refractivity contribution in [2.75, 3.05) is 5.75 Å². The summed E-state index contributed by atoms with van der Waals surface area (Å²) >= 11 is -0.358. The second-order valence-corrected chi connectivity index (χ2v) is 10.3. The fourth-order valence-corrected chi connectivity index (χ4v) is 4.15. The highest BCUT2D eigenvalue weighted by Gasteiger charge is 2.30. The van der Waals surface area contributed by atoms with Crippen LogP contribution >= 0.6 is 11.8 Å². The molecule has 3 aromatic rings. The molecule has 3 aromatic heterocycles. The SMILES string of the molecule is CC[S@](=N)(=O)c1cc(OC(C)(C)C#N)cnc1-c1cn2cnc(SC(F)(F)F)cc2n1. The predicted molar refractivity (Wildman–Crippen MR) is 108 cm³/mol. The Labute approximate surface area is 180 Å². The van der Waals surface area contributed by atoms with E-state index in [0.717, 1.165) is 0 Å². The van der Waals surface area contributed by atoms with Gasteiger partial charge >= 0.3 is 5.51 Å². The van der Waals surface area contributed by atoms with Crippen LogP contribution in [-0.2, 0) is 9.73 Å². The van der Waals surface area contributed by atoms with Crippen molar-refractivity contribution in [3.8, 4) is 23.2 Å². The van der Waals surface area contributed by atoms with Gasteiger partial charge in [0, 0.05) is 35.8 Å². The zero-order valence-corrected chi connectivity index (χ0v) is 18.2. The van der Waals surface area contributed by atoms with E-state index in [9.17, 15) is 17.4 Å². The van der Waals surface area contributed by atoms with Gasteiger partial charge in [-0.15, -0.1) is 0 Å². The summed E-state index contributed by atoms with van der Waals surface area (Å²) < 4.78 is 66.0. The molecule has 0 amide bonds. The summed E-state index contributed by atoms with van der Waals surface area (Å²) in [5.74, 6) is 0.154. The van der Waals surface area contributed by atoms with E-state index in [1.165, 1.54) is 35.3 Å². The van der Waals surface area contributed by atoms with Gasteiger partial charge in [-0.05, 0) is 13.8 Å². The highest BCUT2D eigenvalue weighted by Crippen LogP contribution is 2.36. The monoisotopic (exact) mass is 470 g/mol. The molecule has 0 spiro atoms. The van der Waals surface area contributed by atoms with E-state index in [2.05, 4.69) is 15.0 Å². The largest absolute Gasteiger partial charge is 0.471 e. The minimum atomic E-state index is -4.49. The molecule has 0 aromatic carbocycles. The van der Waals surface area contributed by atoms with Crippen LogP contribution in [0.4, 0.5) is 13.2 Å². The van der Waals surface area contributed by atoms with Gasteiger partial charge in [-0.25, -0.2) is 23.9 Å². The molecule has 0 bridgehead atoms. The van der Waals surface area contributed by atoms with Crippen LogP contribution in [0.5, 0.6) is 5.75 Å². The number of hydrogen-bond donors (Lipinski definition) is 1. The van der Waals surface area contributed by atoms with Crippen LogP contribution < -0.4 is 4.74 Å². The molecule has 164 valence electrons. The topological polar surface area (TPSA) is 117 Å². The van der Waals surface area contributed by atoms with Crippen LogP contribution in [0.3, 0.4) is 0 Å². The molecule has 0 fully saturated rings. The average molecular weight is 471 g/mol. The Hall–Kier alpha value is -2.85. The number of halogens is 3. The number of nitrogens with one attached hydrogen (secondary N) is 1. The number of nitrogens with zero attached hydrogens (tertiary/aromatic N) is 5. The number of fused-ring (bicyclic) bond motifs is 1. The quantitative estimate of drug-likeness (QED) is 0.416. The smallest absolute Gasteiger partial charge is 0.447 e. The normalized spacial score (nSPS) is 14.2. The van der Waals surface area contributed by atoms with Gasteiger partial charge in [0.2, 0.25) is 0 Å². The third-order valence-electron chi connectivity index (χ3n) is 4.02.